The Balaban J connectivity index is 0.00000288. The number of carbonyl (C=O) groups is 1. The fourth-order valence-electron chi connectivity index (χ4n) is 1.93. The normalized spacial score (nSPS) is 11.5. The van der Waals surface area contributed by atoms with E-state index in [0.717, 1.165) is 29.2 Å². The summed E-state index contributed by atoms with van der Waals surface area (Å²) < 4.78 is 5.56. The van der Waals surface area contributed by atoms with Gasteiger partial charge in [-0.25, -0.2) is 4.98 Å². The number of hydrogen-bond donors (Lipinski definition) is 2. The standard InChI is InChI=1S/C17H23N3O2S.ClH/c1-3-10-22-14-6-4-13(5-7-14)17-20-15(11-23-17)16(21)19-9-8-12(2)18;/h4-7,11-12H,3,8-10,18H2,1-2H3,(H,19,21);1H. The Morgan fingerprint density at radius 1 is 1.38 bits per heavy atom. The van der Waals surface area contributed by atoms with Crippen molar-refractivity contribution < 1.29 is 9.53 Å². The zero-order valence-electron chi connectivity index (χ0n) is 14.0. The van der Waals surface area contributed by atoms with Crippen molar-refractivity contribution in [1.82, 2.24) is 10.3 Å². The smallest absolute Gasteiger partial charge is 0.270 e. The Bertz CT molecular complexity index is 629. The second kappa shape index (κ2) is 10.3. The lowest BCUT2D eigenvalue weighted by molar-refractivity contribution is 0.0948. The monoisotopic (exact) mass is 369 g/mol. The molecule has 1 amide bonds. The minimum absolute atomic E-state index is 0. The molecule has 0 radical (unpaired) electrons. The van der Waals surface area contributed by atoms with Crippen LogP contribution in [0.3, 0.4) is 0 Å². The molecule has 7 heteroatoms. The molecule has 1 aromatic heterocycles. The average molecular weight is 370 g/mol. The molecule has 1 heterocycles. The number of nitrogens with one attached hydrogen (secondary N) is 1. The highest BCUT2D eigenvalue weighted by molar-refractivity contribution is 7.13. The van der Waals surface area contributed by atoms with Crippen LogP contribution in [-0.2, 0) is 0 Å². The van der Waals surface area contributed by atoms with Crippen molar-refractivity contribution in [2.24, 2.45) is 5.73 Å². The molecule has 2 rings (SSSR count). The maximum absolute atomic E-state index is 12.0. The second-order valence-corrected chi connectivity index (χ2v) is 6.29. The van der Waals surface area contributed by atoms with Gasteiger partial charge in [0.2, 0.25) is 0 Å². The van der Waals surface area contributed by atoms with E-state index in [0.29, 0.717) is 18.8 Å². The number of ether oxygens (including phenoxy) is 1. The van der Waals surface area contributed by atoms with Crippen molar-refractivity contribution in [2.45, 2.75) is 32.7 Å². The molecular weight excluding hydrogens is 346 g/mol. The third-order valence-corrected chi connectivity index (χ3v) is 4.09. The molecule has 1 atom stereocenters. The summed E-state index contributed by atoms with van der Waals surface area (Å²) in [6.07, 6.45) is 1.73. The fourth-order valence-corrected chi connectivity index (χ4v) is 2.73. The highest BCUT2D eigenvalue weighted by atomic mass is 35.5. The Kier molecular flexibility index (Phi) is 8.74. The largest absolute Gasteiger partial charge is 0.494 e. The summed E-state index contributed by atoms with van der Waals surface area (Å²) >= 11 is 1.46. The lowest BCUT2D eigenvalue weighted by atomic mass is 10.2. The van der Waals surface area contributed by atoms with E-state index >= 15 is 0 Å². The topological polar surface area (TPSA) is 77.2 Å². The first-order chi connectivity index (χ1) is 11.1. The summed E-state index contributed by atoms with van der Waals surface area (Å²) in [7, 11) is 0. The van der Waals surface area contributed by atoms with Crippen molar-refractivity contribution in [3.05, 3.63) is 35.3 Å². The van der Waals surface area contributed by atoms with Gasteiger partial charge in [-0.2, -0.15) is 0 Å². The van der Waals surface area contributed by atoms with Gasteiger partial charge in [-0.05, 0) is 44.0 Å². The number of aromatic nitrogens is 1. The number of hydrogen-bond acceptors (Lipinski definition) is 5. The van der Waals surface area contributed by atoms with Gasteiger partial charge in [-0.3, -0.25) is 4.79 Å². The number of carbonyl (C=O) groups excluding carboxylic acids is 1. The minimum Gasteiger partial charge on any atom is -0.494 e. The summed E-state index contributed by atoms with van der Waals surface area (Å²) in [6.45, 7) is 5.26. The van der Waals surface area contributed by atoms with Gasteiger partial charge >= 0.3 is 0 Å². The predicted octanol–water partition coefficient (Wildman–Crippen LogP) is 3.49. The first-order valence-corrected chi connectivity index (χ1v) is 8.70. The summed E-state index contributed by atoms with van der Waals surface area (Å²) in [5.41, 5.74) is 7.09. The minimum atomic E-state index is -0.156. The number of rotatable bonds is 8. The highest BCUT2D eigenvalue weighted by Gasteiger charge is 2.11. The van der Waals surface area contributed by atoms with Gasteiger partial charge in [-0.15, -0.1) is 23.7 Å². The van der Waals surface area contributed by atoms with Crippen LogP contribution in [0, 0.1) is 0 Å². The molecule has 1 unspecified atom stereocenters. The molecule has 2 aromatic rings. The van der Waals surface area contributed by atoms with E-state index in [2.05, 4.69) is 17.2 Å². The molecule has 132 valence electrons. The van der Waals surface area contributed by atoms with E-state index in [4.69, 9.17) is 10.5 Å². The predicted molar refractivity (Wildman–Crippen MR) is 101 cm³/mol. The van der Waals surface area contributed by atoms with Gasteiger partial charge in [0.15, 0.2) is 0 Å². The number of amides is 1. The lowest BCUT2D eigenvalue weighted by Crippen LogP contribution is -2.29. The third kappa shape index (κ3) is 6.11. The highest BCUT2D eigenvalue weighted by Crippen LogP contribution is 2.25. The van der Waals surface area contributed by atoms with Gasteiger partial charge in [0.25, 0.3) is 5.91 Å². The van der Waals surface area contributed by atoms with Crippen LogP contribution >= 0.6 is 23.7 Å². The molecule has 0 saturated heterocycles. The van der Waals surface area contributed by atoms with Gasteiger partial charge in [0.1, 0.15) is 16.5 Å². The number of nitrogens with two attached hydrogens (primary N) is 1. The maximum atomic E-state index is 12.0. The zero-order chi connectivity index (χ0) is 16.7. The summed E-state index contributed by atoms with van der Waals surface area (Å²) in [4.78, 5) is 16.4. The van der Waals surface area contributed by atoms with Gasteiger partial charge in [-0.1, -0.05) is 6.92 Å². The van der Waals surface area contributed by atoms with Crippen LogP contribution in [0.15, 0.2) is 29.6 Å². The van der Waals surface area contributed by atoms with E-state index in [1.807, 2.05) is 31.2 Å². The molecule has 0 aliphatic heterocycles. The Labute approximate surface area is 153 Å². The van der Waals surface area contributed by atoms with Crippen molar-refractivity contribution in [1.29, 1.82) is 0 Å². The maximum Gasteiger partial charge on any atom is 0.270 e. The lowest BCUT2D eigenvalue weighted by Gasteiger charge is -2.05. The summed E-state index contributed by atoms with van der Waals surface area (Å²) in [6, 6.07) is 7.85. The van der Waals surface area contributed by atoms with Gasteiger partial charge in [0.05, 0.1) is 6.61 Å². The average Bonchev–Trinajstić information content (AvgIpc) is 3.03. The van der Waals surface area contributed by atoms with Crippen molar-refractivity contribution in [3.8, 4) is 16.3 Å². The molecule has 5 nitrogen and oxygen atoms in total. The molecule has 3 N–H and O–H groups in total. The van der Waals surface area contributed by atoms with Gasteiger partial charge < -0.3 is 15.8 Å². The van der Waals surface area contributed by atoms with E-state index in [1.54, 1.807) is 5.38 Å². The van der Waals surface area contributed by atoms with Crippen LogP contribution in [-0.4, -0.2) is 30.1 Å². The summed E-state index contributed by atoms with van der Waals surface area (Å²) in [5.74, 6) is 0.692. The Morgan fingerprint density at radius 3 is 2.71 bits per heavy atom. The molecule has 24 heavy (non-hydrogen) atoms. The molecule has 0 spiro atoms. The quantitative estimate of drug-likeness (QED) is 0.746. The van der Waals surface area contributed by atoms with Crippen LogP contribution in [0.2, 0.25) is 0 Å². The molecule has 1 aromatic carbocycles. The number of benzene rings is 1. The Hall–Kier alpha value is -1.63. The second-order valence-electron chi connectivity index (χ2n) is 5.43. The van der Waals surface area contributed by atoms with Crippen LogP contribution in [0.5, 0.6) is 5.75 Å². The number of thiazole rings is 1. The van der Waals surface area contributed by atoms with E-state index < -0.39 is 0 Å². The first-order valence-electron chi connectivity index (χ1n) is 7.82. The number of nitrogens with zero attached hydrogens (tertiary/aromatic N) is 1. The fraction of sp³-hybridized carbons (Fsp3) is 0.412. The molecule has 0 bridgehead atoms. The molecule has 0 aliphatic rings. The van der Waals surface area contributed by atoms with E-state index in [-0.39, 0.29) is 24.4 Å². The molecule has 0 aliphatic carbocycles. The van der Waals surface area contributed by atoms with Crippen molar-refractivity contribution in [3.63, 3.8) is 0 Å². The van der Waals surface area contributed by atoms with Gasteiger partial charge in [0, 0.05) is 23.5 Å². The van der Waals surface area contributed by atoms with E-state index in [9.17, 15) is 4.79 Å². The first kappa shape index (κ1) is 20.4. The number of halogens is 1. The molecular formula is C17H24ClN3O2S. The van der Waals surface area contributed by atoms with E-state index in [1.165, 1.54) is 11.3 Å². The van der Waals surface area contributed by atoms with Crippen LogP contribution < -0.4 is 15.8 Å². The zero-order valence-corrected chi connectivity index (χ0v) is 15.6. The van der Waals surface area contributed by atoms with Crippen LogP contribution in [0.25, 0.3) is 10.6 Å². The summed E-state index contributed by atoms with van der Waals surface area (Å²) in [5, 5.41) is 5.43. The van der Waals surface area contributed by atoms with Crippen molar-refractivity contribution >= 4 is 29.7 Å². The molecule has 0 saturated carbocycles. The SMILES string of the molecule is CCCOc1ccc(-c2nc(C(=O)NCCC(C)N)cs2)cc1.Cl. The molecule has 0 fully saturated rings. The van der Waals surface area contributed by atoms with Crippen LogP contribution in [0.1, 0.15) is 37.2 Å². The Morgan fingerprint density at radius 2 is 2.08 bits per heavy atom. The third-order valence-electron chi connectivity index (χ3n) is 3.20. The van der Waals surface area contributed by atoms with Crippen molar-refractivity contribution in [2.75, 3.05) is 13.2 Å². The van der Waals surface area contributed by atoms with Crippen LogP contribution in [0.4, 0.5) is 0 Å².